The Labute approximate surface area is 260 Å². The minimum atomic E-state index is -4.63. The number of nitro groups is 1. The molecule has 46 heavy (non-hydrogen) atoms. The van der Waals surface area contributed by atoms with E-state index in [1.165, 1.54) is 49.1 Å². The van der Waals surface area contributed by atoms with E-state index in [2.05, 4.69) is 20.6 Å². The van der Waals surface area contributed by atoms with Gasteiger partial charge in [0.25, 0.3) is 0 Å². The van der Waals surface area contributed by atoms with Gasteiger partial charge in [0.05, 0.1) is 24.3 Å². The molecule has 0 atom stereocenters. The first kappa shape index (κ1) is 32.2. The highest BCUT2D eigenvalue weighted by Gasteiger charge is 2.36. The van der Waals surface area contributed by atoms with E-state index in [9.17, 15) is 32.9 Å². The second-order valence-electron chi connectivity index (χ2n) is 11.1. The van der Waals surface area contributed by atoms with E-state index in [0.717, 1.165) is 6.07 Å². The van der Waals surface area contributed by atoms with Crippen LogP contribution >= 0.6 is 0 Å². The average molecular weight is 642 g/mol. The SMILES string of the molecule is CC(C)(CCC(=O)Nc1cc(Oc2ccc3c(ccn3C(=O)Nc3ccc(N4CCOCC4)c(C(F)(F)F)c3)c2)ncn1)[N+](=O)[O-]. The van der Waals surface area contributed by atoms with E-state index in [4.69, 9.17) is 9.47 Å². The lowest BCUT2D eigenvalue weighted by molar-refractivity contribution is -0.561. The average Bonchev–Trinajstić information content (AvgIpc) is 3.44. The van der Waals surface area contributed by atoms with Gasteiger partial charge in [-0.25, -0.2) is 14.8 Å². The molecular formula is C30H30F3N7O6. The predicted octanol–water partition coefficient (Wildman–Crippen LogP) is 5.93. The van der Waals surface area contributed by atoms with E-state index in [1.54, 1.807) is 29.2 Å². The second kappa shape index (κ2) is 13.0. The van der Waals surface area contributed by atoms with Crippen molar-refractivity contribution in [3.8, 4) is 11.6 Å². The molecule has 242 valence electrons. The highest BCUT2D eigenvalue weighted by molar-refractivity contribution is 5.99. The Morgan fingerprint density at radius 1 is 1.04 bits per heavy atom. The van der Waals surface area contributed by atoms with Gasteiger partial charge in [-0.05, 0) is 42.5 Å². The quantitative estimate of drug-likeness (QED) is 0.167. The molecule has 1 aliphatic rings. The molecule has 0 unspecified atom stereocenters. The maximum absolute atomic E-state index is 13.9. The number of ether oxygens (including phenoxy) is 2. The van der Waals surface area contributed by atoms with Crippen LogP contribution in [0.4, 0.5) is 35.2 Å². The van der Waals surface area contributed by atoms with E-state index in [1.807, 2.05) is 0 Å². The van der Waals surface area contributed by atoms with Gasteiger partial charge in [0.1, 0.15) is 17.9 Å². The molecule has 2 aromatic heterocycles. The van der Waals surface area contributed by atoms with Crippen molar-refractivity contribution in [2.45, 2.75) is 38.4 Å². The number of carbonyl (C=O) groups is 2. The normalized spacial score (nSPS) is 13.8. The Hall–Kier alpha value is -5.25. The Morgan fingerprint density at radius 3 is 2.52 bits per heavy atom. The molecule has 0 spiro atoms. The Balaban J connectivity index is 1.26. The first-order valence-corrected chi connectivity index (χ1v) is 14.2. The molecule has 16 heteroatoms. The highest BCUT2D eigenvalue weighted by Crippen LogP contribution is 2.39. The number of rotatable bonds is 9. The van der Waals surface area contributed by atoms with Crippen LogP contribution in [0.3, 0.4) is 0 Å². The first-order valence-electron chi connectivity index (χ1n) is 14.2. The largest absolute Gasteiger partial charge is 0.439 e. The van der Waals surface area contributed by atoms with Gasteiger partial charge in [-0.2, -0.15) is 13.2 Å². The van der Waals surface area contributed by atoms with Crippen LogP contribution in [0.1, 0.15) is 32.3 Å². The summed E-state index contributed by atoms with van der Waals surface area (Å²) in [5.41, 5.74) is -1.61. The molecule has 0 radical (unpaired) electrons. The monoisotopic (exact) mass is 641 g/mol. The fraction of sp³-hybridized carbons (Fsp3) is 0.333. The molecule has 2 N–H and O–H groups in total. The summed E-state index contributed by atoms with van der Waals surface area (Å²) in [6.07, 6.45) is -2.01. The van der Waals surface area contributed by atoms with Crippen LogP contribution in [0, 0.1) is 10.1 Å². The van der Waals surface area contributed by atoms with Crippen LogP contribution in [0.25, 0.3) is 10.9 Å². The number of aromatic nitrogens is 3. The molecule has 4 aromatic rings. The number of carbonyl (C=O) groups excluding carboxylic acids is 2. The van der Waals surface area contributed by atoms with Gasteiger partial charge in [0.2, 0.25) is 17.3 Å². The van der Waals surface area contributed by atoms with E-state index in [-0.39, 0.29) is 35.9 Å². The maximum Gasteiger partial charge on any atom is 0.418 e. The van der Waals surface area contributed by atoms with E-state index < -0.39 is 34.1 Å². The topological polar surface area (TPSA) is 154 Å². The maximum atomic E-state index is 13.9. The van der Waals surface area contributed by atoms with Crippen LogP contribution < -0.4 is 20.3 Å². The lowest BCUT2D eigenvalue weighted by atomic mass is 9.99. The van der Waals surface area contributed by atoms with Crippen LogP contribution in [-0.2, 0) is 15.7 Å². The lowest BCUT2D eigenvalue weighted by Crippen LogP contribution is -2.37. The van der Waals surface area contributed by atoms with Crippen molar-refractivity contribution in [3.63, 3.8) is 0 Å². The minimum Gasteiger partial charge on any atom is -0.439 e. The zero-order valence-corrected chi connectivity index (χ0v) is 24.8. The van der Waals surface area contributed by atoms with Crippen LogP contribution in [0.5, 0.6) is 11.6 Å². The molecule has 2 aromatic carbocycles. The summed E-state index contributed by atoms with van der Waals surface area (Å²) in [5.74, 6) is 0.143. The second-order valence-corrected chi connectivity index (χ2v) is 11.1. The smallest absolute Gasteiger partial charge is 0.418 e. The summed E-state index contributed by atoms with van der Waals surface area (Å²) in [5, 5.41) is 16.8. The van der Waals surface area contributed by atoms with Crippen molar-refractivity contribution in [1.29, 1.82) is 0 Å². The predicted molar refractivity (Wildman–Crippen MR) is 162 cm³/mol. The number of hydrogen-bond donors (Lipinski definition) is 2. The number of halogens is 3. The summed E-state index contributed by atoms with van der Waals surface area (Å²) in [6.45, 7) is 4.19. The fourth-order valence-electron chi connectivity index (χ4n) is 4.77. The number of fused-ring (bicyclic) bond motifs is 1. The summed E-state index contributed by atoms with van der Waals surface area (Å²) < 4.78 is 54.1. The molecule has 5 rings (SSSR count). The van der Waals surface area contributed by atoms with Crippen LogP contribution in [0.2, 0.25) is 0 Å². The van der Waals surface area contributed by atoms with E-state index >= 15 is 0 Å². The molecule has 13 nitrogen and oxygen atoms in total. The number of benzene rings is 2. The van der Waals surface area contributed by atoms with Crippen molar-refractivity contribution in [2.75, 3.05) is 41.8 Å². The molecule has 0 saturated carbocycles. The molecule has 0 aliphatic carbocycles. The third-order valence-corrected chi connectivity index (χ3v) is 7.38. The summed E-state index contributed by atoms with van der Waals surface area (Å²) >= 11 is 0. The fourth-order valence-corrected chi connectivity index (χ4v) is 4.77. The van der Waals surface area contributed by atoms with Gasteiger partial charge < -0.3 is 25.0 Å². The van der Waals surface area contributed by atoms with Gasteiger partial charge >= 0.3 is 12.2 Å². The summed E-state index contributed by atoms with van der Waals surface area (Å²) in [7, 11) is 0. The van der Waals surface area contributed by atoms with Crippen molar-refractivity contribution in [2.24, 2.45) is 0 Å². The number of amides is 2. The molecule has 1 fully saturated rings. The third-order valence-electron chi connectivity index (χ3n) is 7.38. The van der Waals surface area contributed by atoms with E-state index in [0.29, 0.717) is 43.0 Å². The number of nitrogens with one attached hydrogen (secondary N) is 2. The van der Waals surface area contributed by atoms with Gasteiger partial charge in [0.15, 0.2) is 0 Å². The first-order chi connectivity index (χ1) is 21.8. The van der Waals surface area contributed by atoms with Gasteiger partial charge in [-0.15, -0.1) is 0 Å². The number of hydrogen-bond acceptors (Lipinski definition) is 9. The zero-order valence-electron chi connectivity index (χ0n) is 24.8. The Bertz CT molecular complexity index is 1770. The summed E-state index contributed by atoms with van der Waals surface area (Å²) in [4.78, 5) is 45.7. The molecule has 0 bridgehead atoms. The van der Waals surface area contributed by atoms with Crippen LogP contribution in [0.15, 0.2) is 61.1 Å². The number of alkyl halides is 3. The van der Waals surface area contributed by atoms with Crippen molar-refractivity contribution >= 4 is 40.0 Å². The Morgan fingerprint density at radius 2 is 1.80 bits per heavy atom. The Kier molecular flexibility index (Phi) is 9.09. The lowest BCUT2D eigenvalue weighted by Gasteiger charge is -2.31. The molecule has 2 amide bonds. The summed E-state index contributed by atoms with van der Waals surface area (Å²) in [6, 6.07) is 10.9. The molecule has 3 heterocycles. The third kappa shape index (κ3) is 7.51. The molecule has 1 aliphatic heterocycles. The number of anilines is 3. The standard InChI is InChI=1S/C30H30F3N7O6/c1-29(2,40(43)44)9-7-26(41)37-25-17-27(35-18-34-25)46-21-4-6-23-19(15-21)8-10-39(23)28(42)36-20-3-5-24(22(16-20)30(31,32)33)38-11-13-45-14-12-38/h3-6,8,10,15-18H,7,9,11-14H2,1-2H3,(H,36,42)(H,34,35,37,41). The van der Waals surface area contributed by atoms with Gasteiger partial charge in [0, 0.05) is 73.7 Å². The number of nitrogens with zero attached hydrogens (tertiary/aromatic N) is 5. The van der Waals surface area contributed by atoms with Gasteiger partial charge in [-0.1, -0.05) is 0 Å². The van der Waals surface area contributed by atoms with Gasteiger partial charge in [-0.3, -0.25) is 19.5 Å². The molecule has 1 saturated heterocycles. The number of morpholine rings is 1. The molecular weight excluding hydrogens is 611 g/mol. The zero-order chi connectivity index (χ0) is 33.1. The highest BCUT2D eigenvalue weighted by atomic mass is 19.4. The van der Waals surface area contributed by atoms with Crippen molar-refractivity contribution in [1.82, 2.24) is 14.5 Å². The van der Waals surface area contributed by atoms with Crippen molar-refractivity contribution in [3.05, 3.63) is 76.7 Å². The van der Waals surface area contributed by atoms with Crippen molar-refractivity contribution < 1.29 is 37.2 Å². The van der Waals surface area contributed by atoms with Crippen LogP contribution in [-0.4, -0.2) is 63.2 Å². The minimum absolute atomic E-state index is 0.00992.